The number of fused-ring (bicyclic) bond motifs is 2. The zero-order valence-corrected chi connectivity index (χ0v) is 18.0. The van der Waals surface area contributed by atoms with Crippen LogP contribution in [0.15, 0.2) is 108 Å². The van der Waals surface area contributed by atoms with Crippen LogP contribution in [0.25, 0.3) is 33.5 Å². The molecule has 0 radical (unpaired) electrons. The maximum atomic E-state index is 13.8. The molecular formula is C28H19FN4O. The minimum Gasteiger partial charge on any atom is -0.436 e. The Bertz CT molecular complexity index is 1630. The molecule has 0 amide bonds. The summed E-state index contributed by atoms with van der Waals surface area (Å²) in [7, 11) is 0. The molecular weight excluding hydrogens is 427 g/mol. The number of benzene rings is 4. The Labute approximate surface area is 194 Å². The van der Waals surface area contributed by atoms with Crippen LogP contribution in [0.2, 0.25) is 0 Å². The van der Waals surface area contributed by atoms with Gasteiger partial charge in [0.05, 0.1) is 5.52 Å². The highest BCUT2D eigenvalue weighted by Gasteiger charge is 2.11. The molecule has 0 atom stereocenters. The van der Waals surface area contributed by atoms with E-state index in [0.717, 1.165) is 39.3 Å². The van der Waals surface area contributed by atoms with Gasteiger partial charge >= 0.3 is 0 Å². The number of nitrogens with one attached hydrogen (secondary N) is 2. The number of hydrogen-bond acceptors (Lipinski definition) is 5. The lowest BCUT2D eigenvalue weighted by Gasteiger charge is -2.09. The van der Waals surface area contributed by atoms with E-state index < -0.39 is 0 Å². The van der Waals surface area contributed by atoms with Crippen LogP contribution < -0.4 is 10.6 Å². The molecule has 0 bridgehead atoms. The number of pyridine rings is 1. The summed E-state index contributed by atoms with van der Waals surface area (Å²) < 4.78 is 19.8. The van der Waals surface area contributed by atoms with Crippen molar-refractivity contribution in [1.82, 2.24) is 9.97 Å². The average Bonchev–Trinajstić information content (AvgIpc) is 3.29. The van der Waals surface area contributed by atoms with Crippen LogP contribution in [-0.4, -0.2) is 9.97 Å². The molecule has 34 heavy (non-hydrogen) atoms. The summed E-state index contributed by atoms with van der Waals surface area (Å²) in [5.41, 5.74) is 6.57. The zero-order valence-electron chi connectivity index (χ0n) is 18.0. The fourth-order valence-corrected chi connectivity index (χ4v) is 3.93. The Balaban J connectivity index is 1.30. The van der Waals surface area contributed by atoms with Crippen molar-refractivity contribution in [2.24, 2.45) is 0 Å². The van der Waals surface area contributed by atoms with Gasteiger partial charge in [0.15, 0.2) is 5.58 Å². The molecule has 164 valence electrons. The molecule has 4 aromatic carbocycles. The summed E-state index contributed by atoms with van der Waals surface area (Å²) in [5.74, 6) is 0.240. The maximum absolute atomic E-state index is 13.8. The molecule has 6 aromatic rings. The van der Waals surface area contributed by atoms with Gasteiger partial charge in [-0.15, -0.1) is 0 Å². The number of nitrogens with zero attached hydrogens (tertiary/aromatic N) is 2. The van der Waals surface area contributed by atoms with E-state index in [1.165, 1.54) is 12.1 Å². The van der Waals surface area contributed by atoms with Crippen LogP contribution in [0.3, 0.4) is 0 Å². The Kier molecular flexibility index (Phi) is 4.88. The molecule has 2 heterocycles. The Morgan fingerprint density at radius 1 is 0.676 bits per heavy atom. The average molecular weight is 446 g/mol. The molecule has 2 N–H and O–H groups in total. The van der Waals surface area contributed by atoms with Gasteiger partial charge in [0.1, 0.15) is 11.3 Å². The molecule has 0 saturated heterocycles. The normalized spacial score (nSPS) is 11.1. The number of anilines is 4. The van der Waals surface area contributed by atoms with Crippen LogP contribution in [0.5, 0.6) is 0 Å². The first kappa shape index (κ1) is 19.9. The van der Waals surface area contributed by atoms with E-state index in [9.17, 15) is 4.39 Å². The maximum Gasteiger partial charge on any atom is 0.227 e. The van der Waals surface area contributed by atoms with Crippen molar-refractivity contribution in [2.45, 2.75) is 0 Å². The third kappa shape index (κ3) is 3.93. The third-order valence-electron chi connectivity index (χ3n) is 5.54. The molecule has 0 aliphatic rings. The highest BCUT2D eigenvalue weighted by molar-refractivity contribution is 5.93. The second-order valence-electron chi connectivity index (χ2n) is 7.92. The van der Waals surface area contributed by atoms with Gasteiger partial charge in [0.25, 0.3) is 0 Å². The molecule has 0 saturated carbocycles. The quantitative estimate of drug-likeness (QED) is 0.284. The van der Waals surface area contributed by atoms with E-state index in [1.807, 2.05) is 78.9 Å². The van der Waals surface area contributed by atoms with Crippen molar-refractivity contribution in [2.75, 3.05) is 10.6 Å². The number of para-hydroxylation sites is 1. The summed E-state index contributed by atoms with van der Waals surface area (Å²) in [5, 5.41) is 7.46. The fourth-order valence-electron chi connectivity index (χ4n) is 3.93. The molecule has 6 heteroatoms. The van der Waals surface area contributed by atoms with Crippen molar-refractivity contribution in [3.05, 3.63) is 109 Å². The minimum absolute atomic E-state index is 0.302. The first-order valence-corrected chi connectivity index (χ1v) is 10.9. The second kappa shape index (κ2) is 8.33. The van der Waals surface area contributed by atoms with Gasteiger partial charge in [-0.25, -0.2) is 9.37 Å². The lowest BCUT2D eigenvalue weighted by molar-refractivity contribution is 0.620. The molecule has 0 spiro atoms. The van der Waals surface area contributed by atoms with Gasteiger partial charge < -0.3 is 15.1 Å². The summed E-state index contributed by atoms with van der Waals surface area (Å²) >= 11 is 0. The van der Waals surface area contributed by atoms with Crippen molar-refractivity contribution in [3.63, 3.8) is 0 Å². The zero-order chi connectivity index (χ0) is 22.9. The summed E-state index contributed by atoms with van der Waals surface area (Å²) in [6.45, 7) is 0. The molecule has 5 nitrogen and oxygen atoms in total. The highest BCUT2D eigenvalue weighted by atomic mass is 19.1. The van der Waals surface area contributed by atoms with Crippen LogP contribution in [-0.2, 0) is 0 Å². The third-order valence-corrected chi connectivity index (χ3v) is 5.54. The number of hydrogen-bond donors (Lipinski definition) is 2. The lowest BCUT2D eigenvalue weighted by atomic mass is 10.1. The van der Waals surface area contributed by atoms with E-state index in [-0.39, 0.29) is 5.82 Å². The Morgan fingerprint density at radius 2 is 1.53 bits per heavy atom. The van der Waals surface area contributed by atoms with Crippen molar-refractivity contribution in [3.8, 4) is 11.5 Å². The molecule has 2 aromatic heterocycles. The summed E-state index contributed by atoms with van der Waals surface area (Å²) in [6.07, 6.45) is 1.70. The fraction of sp³-hybridized carbons (Fsp3) is 0. The van der Waals surface area contributed by atoms with Crippen LogP contribution in [0.4, 0.5) is 27.1 Å². The van der Waals surface area contributed by atoms with E-state index >= 15 is 0 Å². The van der Waals surface area contributed by atoms with Gasteiger partial charge in [-0.1, -0.05) is 24.3 Å². The molecule has 0 aliphatic heterocycles. The monoisotopic (exact) mass is 446 g/mol. The molecule has 0 aliphatic carbocycles. The number of rotatable bonds is 5. The summed E-state index contributed by atoms with van der Waals surface area (Å²) in [6, 6.07) is 30.0. The van der Waals surface area contributed by atoms with Gasteiger partial charge in [-0.3, -0.25) is 4.98 Å². The minimum atomic E-state index is -0.302. The molecule has 0 fully saturated rings. The van der Waals surface area contributed by atoms with Crippen LogP contribution in [0, 0.1) is 5.82 Å². The molecule has 6 rings (SSSR count). The Hall–Kier alpha value is -4.71. The van der Waals surface area contributed by atoms with Crippen LogP contribution >= 0.6 is 0 Å². The second-order valence-corrected chi connectivity index (χ2v) is 7.92. The van der Waals surface area contributed by atoms with Crippen molar-refractivity contribution < 1.29 is 8.81 Å². The Morgan fingerprint density at radius 3 is 2.44 bits per heavy atom. The smallest absolute Gasteiger partial charge is 0.227 e. The predicted octanol–water partition coefficient (Wildman–Crippen LogP) is 7.67. The van der Waals surface area contributed by atoms with E-state index in [4.69, 9.17) is 9.40 Å². The first-order chi connectivity index (χ1) is 16.7. The van der Waals surface area contributed by atoms with Crippen LogP contribution in [0.1, 0.15) is 0 Å². The number of aromatic nitrogens is 2. The van der Waals surface area contributed by atoms with Gasteiger partial charge in [0, 0.05) is 39.9 Å². The van der Waals surface area contributed by atoms with Gasteiger partial charge in [-0.2, -0.15) is 0 Å². The first-order valence-electron chi connectivity index (χ1n) is 10.9. The SMILES string of the molecule is Fc1ccc2nccc(Nc3ccc4oc(-c5cccc(Nc6ccccc6)c5)nc4c3)c2c1. The topological polar surface area (TPSA) is 63.0 Å². The highest BCUT2D eigenvalue weighted by Crippen LogP contribution is 2.31. The number of oxazole rings is 1. The van der Waals surface area contributed by atoms with E-state index in [0.29, 0.717) is 16.9 Å². The van der Waals surface area contributed by atoms with E-state index in [1.54, 1.807) is 12.3 Å². The van der Waals surface area contributed by atoms with E-state index in [2.05, 4.69) is 15.6 Å². The van der Waals surface area contributed by atoms with Crippen molar-refractivity contribution in [1.29, 1.82) is 0 Å². The van der Waals surface area contributed by atoms with Gasteiger partial charge in [-0.05, 0) is 72.8 Å². The molecule has 0 unspecified atom stereocenters. The largest absolute Gasteiger partial charge is 0.436 e. The standard InChI is InChI=1S/C28H19FN4O/c29-19-9-11-24-23(16-19)25(13-14-30-24)32-22-10-12-27-26(17-22)33-28(34-27)18-5-4-8-21(15-18)31-20-6-2-1-3-7-20/h1-17,31H,(H,30,32). The predicted molar refractivity (Wildman–Crippen MR) is 134 cm³/mol. The van der Waals surface area contributed by atoms with Gasteiger partial charge in [0.2, 0.25) is 5.89 Å². The summed E-state index contributed by atoms with van der Waals surface area (Å²) in [4.78, 5) is 9.01. The van der Waals surface area contributed by atoms with Crippen molar-refractivity contribution >= 4 is 44.8 Å². The number of halogens is 1. The lowest BCUT2D eigenvalue weighted by Crippen LogP contribution is -1.93.